The second-order valence-corrected chi connectivity index (χ2v) is 3.62. The average molecular weight is 225 g/mol. The first kappa shape index (κ1) is 15.2. The summed E-state index contributed by atoms with van der Waals surface area (Å²) in [6, 6.07) is 0.455. The highest BCUT2D eigenvalue weighted by molar-refractivity contribution is 4.97. The van der Waals surface area contributed by atoms with E-state index in [0.29, 0.717) is 6.04 Å². The lowest BCUT2D eigenvalue weighted by molar-refractivity contribution is 0.325. The molecule has 1 saturated heterocycles. The summed E-state index contributed by atoms with van der Waals surface area (Å²) >= 11 is 0. The molecule has 2 unspecified atom stereocenters. The number of nitrogens with one attached hydrogen (secondary N) is 2. The van der Waals surface area contributed by atoms with Gasteiger partial charge in [0.25, 0.3) is 0 Å². The Morgan fingerprint density at radius 2 is 1.88 bits per heavy atom. The van der Waals surface area contributed by atoms with Crippen molar-refractivity contribution in [1.29, 1.82) is 0 Å². The molecule has 2 rings (SSSR count). The molecule has 0 radical (unpaired) electrons. The fourth-order valence-electron chi connectivity index (χ4n) is 1.70. The molecule has 16 heavy (non-hydrogen) atoms. The van der Waals surface area contributed by atoms with Crippen LogP contribution in [0.1, 0.15) is 59.3 Å². The highest BCUT2D eigenvalue weighted by Crippen LogP contribution is 2.22. The van der Waals surface area contributed by atoms with Gasteiger partial charge in [0.15, 0.2) is 0 Å². The van der Waals surface area contributed by atoms with Crippen molar-refractivity contribution >= 4 is 0 Å². The molecule has 1 aliphatic rings. The molecule has 0 bridgehead atoms. The Kier molecular flexibility index (Phi) is 8.91. The van der Waals surface area contributed by atoms with Crippen molar-refractivity contribution in [3.05, 3.63) is 18.2 Å². The maximum absolute atomic E-state index is 4.25. The van der Waals surface area contributed by atoms with Crippen LogP contribution in [0.4, 0.5) is 0 Å². The maximum Gasteiger partial charge on any atom is 0.123 e. The van der Waals surface area contributed by atoms with E-state index in [2.05, 4.69) is 22.2 Å². The number of H-pyrrole nitrogens is 1. The molecular formula is C13H27N3. The molecule has 0 spiro atoms. The molecular weight excluding hydrogens is 198 g/mol. The Morgan fingerprint density at radius 1 is 1.19 bits per heavy atom. The highest BCUT2D eigenvalue weighted by atomic mass is 15.0. The van der Waals surface area contributed by atoms with Crippen LogP contribution in [0.3, 0.4) is 0 Å². The summed E-state index contributed by atoms with van der Waals surface area (Å²) in [4.78, 5) is 7.39. The van der Waals surface area contributed by atoms with Crippen molar-refractivity contribution in [2.24, 2.45) is 5.92 Å². The first-order valence-corrected chi connectivity index (χ1v) is 6.59. The second-order valence-electron chi connectivity index (χ2n) is 3.62. The zero-order chi connectivity index (χ0) is 12.4. The van der Waals surface area contributed by atoms with E-state index >= 15 is 0 Å². The molecule has 2 heterocycles. The van der Waals surface area contributed by atoms with E-state index in [9.17, 15) is 0 Å². The third-order valence-electron chi connectivity index (χ3n) is 2.51. The maximum atomic E-state index is 4.25. The third kappa shape index (κ3) is 4.79. The topological polar surface area (TPSA) is 40.7 Å². The van der Waals surface area contributed by atoms with E-state index in [1.807, 2.05) is 40.1 Å². The Labute approximate surface area is 100 Å². The molecule has 1 aliphatic heterocycles. The monoisotopic (exact) mass is 225 g/mol. The molecule has 0 aromatic carbocycles. The molecule has 3 heteroatoms. The van der Waals surface area contributed by atoms with E-state index in [4.69, 9.17) is 0 Å². The normalized spacial score (nSPS) is 23.6. The van der Waals surface area contributed by atoms with Crippen molar-refractivity contribution in [1.82, 2.24) is 15.3 Å². The Bertz CT molecular complexity index is 223. The molecule has 1 aromatic heterocycles. The summed E-state index contributed by atoms with van der Waals surface area (Å²) in [7, 11) is 0. The molecule has 0 amide bonds. The summed E-state index contributed by atoms with van der Waals surface area (Å²) < 4.78 is 0. The molecule has 0 saturated carbocycles. The number of piperidine rings is 1. The molecule has 0 aliphatic carbocycles. The van der Waals surface area contributed by atoms with Gasteiger partial charge >= 0.3 is 0 Å². The smallest absolute Gasteiger partial charge is 0.123 e. The van der Waals surface area contributed by atoms with Gasteiger partial charge in [0.05, 0.1) is 6.04 Å². The van der Waals surface area contributed by atoms with E-state index in [-0.39, 0.29) is 0 Å². The van der Waals surface area contributed by atoms with Crippen LogP contribution in [0.25, 0.3) is 0 Å². The van der Waals surface area contributed by atoms with Crippen LogP contribution in [-0.2, 0) is 0 Å². The number of aromatic nitrogens is 2. The standard InChI is InChI=1S/C9H15N3.2C2H6/c1-7-2-3-8(12-6-7)9-10-4-5-11-9;2*1-2/h4-5,7-8,12H,2-3,6H2,1H3,(H,10,11);2*1-2H3. The van der Waals surface area contributed by atoms with Gasteiger partial charge in [-0.3, -0.25) is 0 Å². The lowest BCUT2D eigenvalue weighted by Gasteiger charge is -2.26. The highest BCUT2D eigenvalue weighted by Gasteiger charge is 2.19. The molecule has 2 N–H and O–H groups in total. The van der Waals surface area contributed by atoms with Crippen molar-refractivity contribution in [3.63, 3.8) is 0 Å². The predicted octanol–water partition coefficient (Wildman–Crippen LogP) is 3.52. The van der Waals surface area contributed by atoms with Crippen molar-refractivity contribution in [2.75, 3.05) is 6.54 Å². The Morgan fingerprint density at radius 3 is 2.31 bits per heavy atom. The molecule has 94 valence electrons. The van der Waals surface area contributed by atoms with Crippen molar-refractivity contribution < 1.29 is 0 Å². The summed E-state index contributed by atoms with van der Waals surface area (Å²) in [5.41, 5.74) is 0. The summed E-state index contributed by atoms with van der Waals surface area (Å²) in [5, 5.41) is 3.48. The summed E-state index contributed by atoms with van der Waals surface area (Å²) in [6.07, 6.45) is 6.21. The van der Waals surface area contributed by atoms with Gasteiger partial charge in [0.1, 0.15) is 5.82 Å². The van der Waals surface area contributed by atoms with E-state index in [1.54, 1.807) is 0 Å². The lowest BCUT2D eigenvalue weighted by atomic mass is 9.96. The van der Waals surface area contributed by atoms with Gasteiger partial charge in [-0.1, -0.05) is 34.6 Å². The van der Waals surface area contributed by atoms with Crippen LogP contribution < -0.4 is 5.32 Å². The minimum absolute atomic E-state index is 0.455. The number of nitrogens with zero attached hydrogens (tertiary/aromatic N) is 1. The fourth-order valence-corrected chi connectivity index (χ4v) is 1.70. The largest absolute Gasteiger partial charge is 0.347 e. The van der Waals surface area contributed by atoms with Crippen LogP contribution in [0.5, 0.6) is 0 Å². The Balaban J connectivity index is 0.000000509. The van der Waals surface area contributed by atoms with Crippen LogP contribution in [0.2, 0.25) is 0 Å². The first-order chi connectivity index (χ1) is 7.86. The Hall–Kier alpha value is -0.830. The zero-order valence-corrected chi connectivity index (χ0v) is 11.4. The number of aromatic amines is 1. The number of hydrogen-bond acceptors (Lipinski definition) is 2. The third-order valence-corrected chi connectivity index (χ3v) is 2.51. The molecule has 1 aromatic rings. The number of hydrogen-bond donors (Lipinski definition) is 2. The van der Waals surface area contributed by atoms with Crippen molar-refractivity contribution in [3.8, 4) is 0 Å². The quantitative estimate of drug-likeness (QED) is 0.767. The molecule has 3 nitrogen and oxygen atoms in total. The van der Waals surface area contributed by atoms with Crippen LogP contribution in [0.15, 0.2) is 12.4 Å². The van der Waals surface area contributed by atoms with Gasteiger partial charge in [0.2, 0.25) is 0 Å². The predicted molar refractivity (Wildman–Crippen MR) is 70.4 cm³/mol. The minimum Gasteiger partial charge on any atom is -0.347 e. The summed E-state index contributed by atoms with van der Waals surface area (Å²) in [5.74, 6) is 1.90. The van der Waals surface area contributed by atoms with Gasteiger partial charge in [0, 0.05) is 12.4 Å². The minimum atomic E-state index is 0.455. The summed E-state index contributed by atoms with van der Waals surface area (Å²) in [6.45, 7) is 11.4. The van der Waals surface area contributed by atoms with Gasteiger partial charge in [-0.2, -0.15) is 0 Å². The zero-order valence-electron chi connectivity index (χ0n) is 11.4. The second kappa shape index (κ2) is 9.40. The van der Waals surface area contributed by atoms with Gasteiger partial charge < -0.3 is 10.3 Å². The van der Waals surface area contributed by atoms with E-state index in [1.165, 1.54) is 12.8 Å². The SMILES string of the molecule is CC.CC.CC1CCC(c2ncc[nH]2)NC1. The van der Waals surface area contributed by atoms with Crippen molar-refractivity contribution in [2.45, 2.75) is 53.5 Å². The van der Waals surface area contributed by atoms with E-state index < -0.39 is 0 Å². The number of imidazole rings is 1. The fraction of sp³-hybridized carbons (Fsp3) is 0.769. The van der Waals surface area contributed by atoms with Crippen LogP contribution in [-0.4, -0.2) is 16.5 Å². The number of rotatable bonds is 1. The first-order valence-electron chi connectivity index (χ1n) is 6.59. The van der Waals surface area contributed by atoms with Gasteiger partial charge in [-0.05, 0) is 25.3 Å². The van der Waals surface area contributed by atoms with Gasteiger partial charge in [-0.15, -0.1) is 0 Å². The van der Waals surface area contributed by atoms with Gasteiger partial charge in [-0.25, -0.2) is 4.98 Å². The van der Waals surface area contributed by atoms with Crippen LogP contribution in [0, 0.1) is 5.92 Å². The molecule has 2 atom stereocenters. The molecule has 1 fully saturated rings. The van der Waals surface area contributed by atoms with E-state index in [0.717, 1.165) is 18.3 Å². The average Bonchev–Trinajstić information content (AvgIpc) is 2.89. The van der Waals surface area contributed by atoms with Crippen LogP contribution >= 0.6 is 0 Å². The lowest BCUT2D eigenvalue weighted by Crippen LogP contribution is -2.32.